The van der Waals surface area contributed by atoms with E-state index in [0.29, 0.717) is 6.42 Å². The van der Waals surface area contributed by atoms with Gasteiger partial charge in [-0.25, -0.2) is 0 Å². The standard InChI is InChI=1S/C10H21NO2S/c1-13-10(12)6-8-11-7-4-3-5-9-14-2/h11H,3-9H2,1-2H3. The summed E-state index contributed by atoms with van der Waals surface area (Å²) in [7, 11) is 1.42. The van der Waals surface area contributed by atoms with Gasteiger partial charge in [0.2, 0.25) is 0 Å². The summed E-state index contributed by atoms with van der Waals surface area (Å²) in [5, 5.41) is 3.22. The Balaban J connectivity index is 2.95. The van der Waals surface area contributed by atoms with Gasteiger partial charge in [-0.1, -0.05) is 6.42 Å². The SMILES string of the molecule is COC(=O)CCNCCCCCSC. The predicted octanol–water partition coefficient (Wildman–Crippen LogP) is 1.67. The van der Waals surface area contributed by atoms with Gasteiger partial charge in [0.05, 0.1) is 13.5 Å². The lowest BCUT2D eigenvalue weighted by atomic mass is 10.2. The van der Waals surface area contributed by atoms with Crippen molar-refractivity contribution in [2.45, 2.75) is 25.7 Å². The molecular weight excluding hydrogens is 198 g/mol. The second-order valence-electron chi connectivity index (χ2n) is 3.13. The van der Waals surface area contributed by atoms with Crippen LogP contribution in [0.25, 0.3) is 0 Å². The van der Waals surface area contributed by atoms with E-state index in [1.165, 1.54) is 32.1 Å². The third-order valence-corrected chi connectivity index (χ3v) is 2.63. The zero-order valence-electron chi connectivity index (χ0n) is 9.17. The van der Waals surface area contributed by atoms with Crippen molar-refractivity contribution in [2.24, 2.45) is 0 Å². The topological polar surface area (TPSA) is 38.3 Å². The van der Waals surface area contributed by atoms with E-state index >= 15 is 0 Å². The number of esters is 1. The van der Waals surface area contributed by atoms with Gasteiger partial charge in [0.25, 0.3) is 0 Å². The first-order chi connectivity index (χ1) is 6.81. The molecule has 0 aliphatic heterocycles. The van der Waals surface area contributed by atoms with Crippen LogP contribution in [0.15, 0.2) is 0 Å². The summed E-state index contributed by atoms with van der Waals surface area (Å²) < 4.78 is 4.53. The van der Waals surface area contributed by atoms with Crippen LogP contribution in [-0.4, -0.2) is 38.2 Å². The molecule has 0 radical (unpaired) electrons. The maximum Gasteiger partial charge on any atom is 0.306 e. The first kappa shape index (κ1) is 13.8. The van der Waals surface area contributed by atoms with Crippen molar-refractivity contribution in [3.63, 3.8) is 0 Å². The number of carbonyl (C=O) groups excluding carboxylic acids is 1. The van der Waals surface area contributed by atoms with Crippen LogP contribution in [0.3, 0.4) is 0 Å². The summed E-state index contributed by atoms with van der Waals surface area (Å²) in [5.74, 6) is 1.11. The Morgan fingerprint density at radius 2 is 2.07 bits per heavy atom. The van der Waals surface area contributed by atoms with Gasteiger partial charge < -0.3 is 10.1 Å². The van der Waals surface area contributed by atoms with Crippen LogP contribution in [0.2, 0.25) is 0 Å². The highest BCUT2D eigenvalue weighted by atomic mass is 32.2. The fraction of sp³-hybridized carbons (Fsp3) is 0.900. The molecule has 0 aromatic rings. The normalized spacial score (nSPS) is 10.1. The van der Waals surface area contributed by atoms with E-state index in [-0.39, 0.29) is 5.97 Å². The zero-order chi connectivity index (χ0) is 10.6. The van der Waals surface area contributed by atoms with E-state index in [4.69, 9.17) is 0 Å². The fourth-order valence-corrected chi connectivity index (χ4v) is 1.58. The van der Waals surface area contributed by atoms with Crippen LogP contribution < -0.4 is 5.32 Å². The predicted molar refractivity (Wildman–Crippen MR) is 61.7 cm³/mol. The van der Waals surface area contributed by atoms with Crippen LogP contribution in [0.4, 0.5) is 0 Å². The Morgan fingerprint density at radius 1 is 1.29 bits per heavy atom. The van der Waals surface area contributed by atoms with Gasteiger partial charge in [0.15, 0.2) is 0 Å². The Labute approximate surface area is 91.0 Å². The summed E-state index contributed by atoms with van der Waals surface area (Å²) in [5.41, 5.74) is 0. The highest BCUT2D eigenvalue weighted by molar-refractivity contribution is 7.98. The molecule has 0 unspecified atom stereocenters. The van der Waals surface area contributed by atoms with Gasteiger partial charge in [-0.3, -0.25) is 4.79 Å². The van der Waals surface area contributed by atoms with Crippen molar-refractivity contribution in [1.29, 1.82) is 0 Å². The summed E-state index contributed by atoms with van der Waals surface area (Å²) in [4.78, 5) is 10.7. The van der Waals surface area contributed by atoms with Crippen molar-refractivity contribution >= 4 is 17.7 Å². The first-order valence-corrected chi connectivity index (χ1v) is 6.47. The van der Waals surface area contributed by atoms with E-state index in [0.717, 1.165) is 13.1 Å². The third kappa shape index (κ3) is 9.86. The molecular formula is C10H21NO2S. The Hall–Kier alpha value is -0.220. The Kier molecular flexibility index (Phi) is 10.7. The zero-order valence-corrected chi connectivity index (χ0v) is 9.99. The van der Waals surface area contributed by atoms with Crippen LogP contribution in [0.1, 0.15) is 25.7 Å². The molecule has 84 valence electrons. The smallest absolute Gasteiger partial charge is 0.306 e. The van der Waals surface area contributed by atoms with Crippen molar-refractivity contribution in [1.82, 2.24) is 5.32 Å². The molecule has 0 fully saturated rings. The lowest BCUT2D eigenvalue weighted by molar-refractivity contribution is -0.140. The molecule has 0 bridgehead atoms. The minimum atomic E-state index is -0.139. The molecule has 0 saturated heterocycles. The van der Waals surface area contributed by atoms with Crippen LogP contribution in [0, 0.1) is 0 Å². The largest absolute Gasteiger partial charge is 0.469 e. The number of methoxy groups -OCH3 is 1. The van der Waals surface area contributed by atoms with Crippen molar-refractivity contribution in [3.8, 4) is 0 Å². The molecule has 0 amide bonds. The average Bonchev–Trinajstić information content (AvgIpc) is 2.21. The van der Waals surface area contributed by atoms with Gasteiger partial charge in [-0.2, -0.15) is 11.8 Å². The Bertz CT molecular complexity index is 142. The number of rotatable bonds is 9. The van der Waals surface area contributed by atoms with E-state index in [2.05, 4.69) is 16.3 Å². The quantitative estimate of drug-likeness (QED) is 0.473. The number of unbranched alkanes of at least 4 members (excludes halogenated alkanes) is 2. The minimum absolute atomic E-state index is 0.139. The second-order valence-corrected chi connectivity index (χ2v) is 4.12. The number of nitrogens with one attached hydrogen (secondary N) is 1. The number of hydrogen-bond acceptors (Lipinski definition) is 4. The van der Waals surface area contributed by atoms with E-state index < -0.39 is 0 Å². The minimum Gasteiger partial charge on any atom is -0.469 e. The maximum atomic E-state index is 10.7. The maximum absolute atomic E-state index is 10.7. The van der Waals surface area contributed by atoms with Gasteiger partial charge in [0, 0.05) is 6.54 Å². The lowest BCUT2D eigenvalue weighted by Crippen LogP contribution is -2.19. The highest BCUT2D eigenvalue weighted by Crippen LogP contribution is 2.01. The van der Waals surface area contributed by atoms with E-state index in [1.54, 1.807) is 0 Å². The van der Waals surface area contributed by atoms with Crippen molar-refractivity contribution in [2.75, 3.05) is 32.2 Å². The molecule has 0 aliphatic rings. The molecule has 14 heavy (non-hydrogen) atoms. The van der Waals surface area contributed by atoms with Crippen LogP contribution >= 0.6 is 11.8 Å². The fourth-order valence-electron chi connectivity index (χ4n) is 1.09. The van der Waals surface area contributed by atoms with Crippen LogP contribution in [0.5, 0.6) is 0 Å². The number of thioether (sulfide) groups is 1. The molecule has 1 N–H and O–H groups in total. The average molecular weight is 219 g/mol. The first-order valence-electron chi connectivity index (χ1n) is 5.07. The summed E-state index contributed by atoms with van der Waals surface area (Å²) in [6.45, 7) is 1.74. The molecule has 3 nitrogen and oxygen atoms in total. The Morgan fingerprint density at radius 3 is 2.71 bits per heavy atom. The second kappa shape index (κ2) is 10.9. The summed E-state index contributed by atoms with van der Waals surface area (Å²) in [6, 6.07) is 0. The summed E-state index contributed by atoms with van der Waals surface area (Å²) >= 11 is 1.90. The number of carbonyl (C=O) groups is 1. The molecule has 4 heteroatoms. The molecule has 0 aromatic heterocycles. The van der Waals surface area contributed by atoms with E-state index in [9.17, 15) is 4.79 Å². The van der Waals surface area contributed by atoms with Gasteiger partial charge in [-0.15, -0.1) is 0 Å². The number of hydrogen-bond donors (Lipinski definition) is 1. The van der Waals surface area contributed by atoms with E-state index in [1.807, 2.05) is 11.8 Å². The summed E-state index contributed by atoms with van der Waals surface area (Å²) in [6.07, 6.45) is 6.36. The van der Waals surface area contributed by atoms with Crippen molar-refractivity contribution < 1.29 is 9.53 Å². The molecule has 0 saturated carbocycles. The van der Waals surface area contributed by atoms with Crippen molar-refractivity contribution in [3.05, 3.63) is 0 Å². The molecule has 0 aromatic carbocycles. The lowest BCUT2D eigenvalue weighted by Gasteiger charge is -2.03. The van der Waals surface area contributed by atoms with Gasteiger partial charge in [-0.05, 0) is 31.4 Å². The highest BCUT2D eigenvalue weighted by Gasteiger charge is 1.97. The molecule has 0 aliphatic carbocycles. The number of ether oxygens (including phenoxy) is 1. The van der Waals surface area contributed by atoms with Gasteiger partial charge >= 0.3 is 5.97 Å². The molecule has 0 atom stereocenters. The molecule has 0 rings (SSSR count). The third-order valence-electron chi connectivity index (χ3n) is 1.94. The molecule has 0 spiro atoms. The molecule has 0 heterocycles. The van der Waals surface area contributed by atoms with Gasteiger partial charge in [0.1, 0.15) is 0 Å². The van der Waals surface area contributed by atoms with Crippen LogP contribution in [-0.2, 0) is 9.53 Å². The monoisotopic (exact) mass is 219 g/mol.